The van der Waals surface area contributed by atoms with E-state index in [-0.39, 0.29) is 18.9 Å². The number of amidine groups is 1. The Hall–Kier alpha value is -2.71. The molecule has 3 amide bonds. The number of hydrogen-bond acceptors (Lipinski definition) is 5. The van der Waals surface area contributed by atoms with Crippen LogP contribution in [0.4, 0.5) is 10.7 Å². The molecule has 1 unspecified atom stereocenters. The van der Waals surface area contributed by atoms with Crippen LogP contribution in [0, 0.1) is 6.92 Å². The topological polar surface area (TPSA) is 88.1 Å². The number of hydrogen-bond donors (Lipinski definition) is 0. The van der Waals surface area contributed by atoms with E-state index >= 15 is 0 Å². The molecule has 9 heteroatoms. The van der Waals surface area contributed by atoms with Crippen molar-refractivity contribution in [3.63, 3.8) is 0 Å². The van der Waals surface area contributed by atoms with Crippen LogP contribution in [-0.4, -0.2) is 58.8 Å². The number of methoxy groups -OCH3 is 1. The molecule has 9 nitrogen and oxygen atoms in total. The van der Waals surface area contributed by atoms with E-state index in [1.54, 1.807) is 11.6 Å². The fourth-order valence-corrected chi connectivity index (χ4v) is 2.81. The van der Waals surface area contributed by atoms with Crippen LogP contribution in [0.1, 0.15) is 18.2 Å². The van der Waals surface area contributed by atoms with Crippen molar-refractivity contribution in [3.05, 3.63) is 11.9 Å². The largest absolute Gasteiger partial charge is 0.469 e. The third-order valence-corrected chi connectivity index (χ3v) is 4.25. The van der Waals surface area contributed by atoms with Crippen molar-refractivity contribution in [2.75, 3.05) is 20.7 Å². The Morgan fingerprint density at radius 3 is 2.74 bits per heavy atom. The lowest BCUT2D eigenvalue weighted by molar-refractivity contribution is -0.677. The van der Waals surface area contributed by atoms with E-state index in [0.717, 1.165) is 10.6 Å². The fraction of sp³-hybridized carbons (Fsp3) is 0.500. The van der Waals surface area contributed by atoms with Gasteiger partial charge in [-0.25, -0.2) is 13.9 Å². The summed E-state index contributed by atoms with van der Waals surface area (Å²) in [5.41, 5.74) is 0.955. The number of aromatic nitrogens is 2. The predicted octanol–water partition coefficient (Wildman–Crippen LogP) is -0.337. The van der Waals surface area contributed by atoms with Crippen LogP contribution in [0.3, 0.4) is 0 Å². The van der Waals surface area contributed by atoms with Gasteiger partial charge < -0.3 is 4.74 Å². The van der Waals surface area contributed by atoms with E-state index in [0.29, 0.717) is 11.8 Å². The van der Waals surface area contributed by atoms with E-state index in [2.05, 4.69) is 9.73 Å². The maximum absolute atomic E-state index is 12.8. The molecule has 3 rings (SSSR count). The minimum atomic E-state index is -0.676. The zero-order valence-corrected chi connectivity index (χ0v) is 13.4. The Bertz CT molecular complexity index is 751. The van der Waals surface area contributed by atoms with Crippen molar-refractivity contribution in [2.24, 2.45) is 12.0 Å². The lowest BCUT2D eigenvalue weighted by Crippen LogP contribution is -2.62. The number of urea groups is 1. The predicted molar refractivity (Wildman–Crippen MR) is 78.0 cm³/mol. The zero-order valence-electron chi connectivity index (χ0n) is 13.4. The zero-order chi connectivity index (χ0) is 16.9. The molecule has 2 aliphatic heterocycles. The number of esters is 1. The average molecular weight is 320 g/mol. The standard InChI is InChI=1S/C14H18N5O4/c1-8-7-19-10-11(15-13(19)16(8)2)17(3)14(22)18(12(10)21)6-5-9(20)23-4/h7,10H,5-6H2,1-4H3/q+1. The normalized spacial score (nSPS) is 19.7. The van der Waals surface area contributed by atoms with Gasteiger partial charge in [0.25, 0.3) is 5.91 Å². The molecule has 0 spiro atoms. The summed E-state index contributed by atoms with van der Waals surface area (Å²) in [6, 6.07) is -1.16. The summed E-state index contributed by atoms with van der Waals surface area (Å²) >= 11 is 0. The first kappa shape index (κ1) is 15.2. The van der Waals surface area contributed by atoms with Crippen molar-refractivity contribution >= 4 is 29.7 Å². The lowest BCUT2D eigenvalue weighted by Gasteiger charge is -2.32. The number of carbonyl (C=O) groups excluding carboxylic acids is 3. The summed E-state index contributed by atoms with van der Waals surface area (Å²) < 4.78 is 8.17. The maximum Gasteiger partial charge on any atom is 0.401 e. The number of nitrogens with zero attached hydrogens (tertiary/aromatic N) is 5. The Morgan fingerprint density at radius 2 is 2.09 bits per heavy atom. The molecule has 0 aromatic carbocycles. The highest BCUT2D eigenvalue weighted by molar-refractivity contribution is 6.19. The number of aryl methyl sites for hydroxylation is 1. The quantitative estimate of drug-likeness (QED) is 0.563. The summed E-state index contributed by atoms with van der Waals surface area (Å²) in [7, 11) is 4.69. The van der Waals surface area contributed by atoms with E-state index in [1.807, 2.05) is 24.7 Å². The molecule has 1 atom stereocenters. The second kappa shape index (κ2) is 5.18. The number of rotatable bonds is 3. The first-order valence-corrected chi connectivity index (χ1v) is 7.18. The van der Waals surface area contributed by atoms with Crippen LogP contribution in [-0.2, 0) is 21.4 Å². The van der Waals surface area contributed by atoms with Gasteiger partial charge in [0.1, 0.15) is 11.9 Å². The van der Waals surface area contributed by atoms with Crippen LogP contribution in [0.15, 0.2) is 11.2 Å². The molecule has 1 fully saturated rings. The maximum atomic E-state index is 12.8. The first-order valence-electron chi connectivity index (χ1n) is 7.18. The number of aliphatic imine (C=N–C) groups is 1. The number of imidazole rings is 1. The summed E-state index contributed by atoms with van der Waals surface area (Å²) in [6.07, 6.45) is 1.79. The molecule has 122 valence electrons. The molecular formula is C14H18N5O4+. The molecule has 0 radical (unpaired) electrons. The molecule has 0 N–H and O–H groups in total. The number of carbonyl (C=O) groups is 3. The first-order chi connectivity index (χ1) is 10.9. The number of ether oxygens (including phenoxy) is 1. The van der Waals surface area contributed by atoms with E-state index in [1.165, 1.54) is 12.0 Å². The monoisotopic (exact) mass is 320 g/mol. The SMILES string of the molecule is COC(=O)CCN1C(=O)C2C(=Nc3n(C)c(C)c[n+]32)N(C)C1=O. The molecule has 3 heterocycles. The van der Waals surface area contributed by atoms with Gasteiger partial charge in [0, 0.05) is 13.6 Å². The van der Waals surface area contributed by atoms with Gasteiger partial charge in [-0.05, 0) is 6.92 Å². The van der Waals surface area contributed by atoms with Crippen molar-refractivity contribution in [1.29, 1.82) is 0 Å². The van der Waals surface area contributed by atoms with Gasteiger partial charge in [-0.2, -0.15) is 0 Å². The van der Waals surface area contributed by atoms with E-state index in [9.17, 15) is 14.4 Å². The minimum Gasteiger partial charge on any atom is -0.469 e. The van der Waals surface area contributed by atoms with Crippen molar-refractivity contribution < 1.29 is 23.7 Å². The molecule has 23 heavy (non-hydrogen) atoms. The summed E-state index contributed by atoms with van der Waals surface area (Å²) in [5, 5.41) is 0. The Balaban J connectivity index is 1.95. The van der Waals surface area contributed by atoms with Crippen LogP contribution in [0.5, 0.6) is 0 Å². The van der Waals surface area contributed by atoms with E-state index in [4.69, 9.17) is 0 Å². The molecule has 0 saturated carbocycles. The smallest absolute Gasteiger partial charge is 0.401 e. The third kappa shape index (κ3) is 2.11. The van der Waals surface area contributed by atoms with Gasteiger partial charge in [-0.3, -0.25) is 19.4 Å². The molecule has 0 aliphatic carbocycles. The van der Waals surface area contributed by atoms with Gasteiger partial charge in [0.2, 0.25) is 11.9 Å². The van der Waals surface area contributed by atoms with Gasteiger partial charge in [0.15, 0.2) is 0 Å². The number of amides is 3. The summed E-state index contributed by atoms with van der Waals surface area (Å²) in [4.78, 5) is 43.3. The van der Waals surface area contributed by atoms with Crippen molar-refractivity contribution in [2.45, 2.75) is 19.4 Å². The van der Waals surface area contributed by atoms with Gasteiger partial charge in [0.05, 0.1) is 20.6 Å². The molecule has 1 aromatic rings. The summed E-state index contributed by atoms with van der Waals surface area (Å²) in [5.74, 6) is 0.165. The van der Waals surface area contributed by atoms with Crippen LogP contribution in [0.25, 0.3) is 0 Å². The Labute approximate surface area is 132 Å². The number of imide groups is 1. The number of fused-ring (bicyclic) bond motifs is 3. The molecule has 0 bridgehead atoms. The second-order valence-corrected chi connectivity index (χ2v) is 5.57. The number of likely N-dealkylation sites (N-methyl/N-ethyl adjacent to an activating group) is 1. The van der Waals surface area contributed by atoms with E-state index < -0.39 is 18.0 Å². The highest BCUT2D eigenvalue weighted by atomic mass is 16.5. The Morgan fingerprint density at radius 1 is 1.39 bits per heavy atom. The molecule has 2 aliphatic rings. The highest BCUT2D eigenvalue weighted by Gasteiger charge is 2.52. The average Bonchev–Trinajstić information content (AvgIpc) is 3.02. The van der Waals surface area contributed by atoms with Gasteiger partial charge >= 0.3 is 17.9 Å². The van der Waals surface area contributed by atoms with Crippen LogP contribution >= 0.6 is 0 Å². The van der Waals surface area contributed by atoms with Crippen LogP contribution in [0.2, 0.25) is 0 Å². The molecular weight excluding hydrogens is 302 g/mol. The highest BCUT2D eigenvalue weighted by Crippen LogP contribution is 2.28. The summed E-state index contributed by atoms with van der Waals surface area (Å²) in [6.45, 7) is 1.90. The fourth-order valence-electron chi connectivity index (χ4n) is 2.81. The second-order valence-electron chi connectivity index (χ2n) is 5.57. The molecule has 1 aromatic heterocycles. The third-order valence-electron chi connectivity index (χ3n) is 4.25. The van der Waals surface area contributed by atoms with Gasteiger partial charge in [-0.1, -0.05) is 4.99 Å². The minimum absolute atomic E-state index is 0.0137. The van der Waals surface area contributed by atoms with Crippen molar-refractivity contribution in [1.82, 2.24) is 14.4 Å². The Kier molecular flexibility index (Phi) is 3.42. The lowest BCUT2D eigenvalue weighted by atomic mass is 10.1. The molecule has 1 saturated heterocycles. The van der Waals surface area contributed by atoms with Crippen LogP contribution < -0.4 is 4.57 Å². The van der Waals surface area contributed by atoms with Crippen molar-refractivity contribution in [3.8, 4) is 0 Å². The van der Waals surface area contributed by atoms with Gasteiger partial charge in [-0.15, -0.1) is 0 Å².